The van der Waals surface area contributed by atoms with Crippen LogP contribution < -0.4 is 11.3 Å². The first-order valence-corrected chi connectivity index (χ1v) is 5.37. The summed E-state index contributed by atoms with van der Waals surface area (Å²) in [5.41, 5.74) is 4.26. The minimum Gasteiger partial charge on any atom is -0.383 e. The molecule has 3 heteroatoms. The van der Waals surface area contributed by atoms with E-state index in [1.165, 1.54) is 12.0 Å². The lowest BCUT2D eigenvalue weighted by atomic mass is 10.1. The fourth-order valence-electron chi connectivity index (χ4n) is 2.22. The van der Waals surface area contributed by atoms with Gasteiger partial charge in [-0.1, -0.05) is 30.3 Å². The molecule has 0 aliphatic heterocycles. The Balaban J connectivity index is 1.95. The highest BCUT2D eigenvalue weighted by Gasteiger charge is 2.43. The minimum absolute atomic E-state index is 0.278. The second-order valence-electron chi connectivity index (χ2n) is 4.15. The molecule has 1 fully saturated rings. The normalized spacial score (nSPS) is 26.3. The molecule has 1 aliphatic carbocycles. The Hall–Kier alpha value is -0.900. The molecule has 3 unspecified atom stereocenters. The van der Waals surface area contributed by atoms with Crippen molar-refractivity contribution in [2.75, 3.05) is 13.7 Å². The maximum absolute atomic E-state index is 5.51. The highest BCUT2D eigenvalue weighted by molar-refractivity contribution is 5.26. The summed E-state index contributed by atoms with van der Waals surface area (Å²) in [6.07, 6.45) is 1.21. The third kappa shape index (κ3) is 2.37. The maximum Gasteiger partial charge on any atom is 0.0632 e. The number of benzene rings is 1. The summed E-state index contributed by atoms with van der Waals surface area (Å²) >= 11 is 0. The minimum atomic E-state index is 0.278. The van der Waals surface area contributed by atoms with E-state index in [-0.39, 0.29) is 6.04 Å². The van der Waals surface area contributed by atoms with Gasteiger partial charge in [0.1, 0.15) is 0 Å². The van der Waals surface area contributed by atoms with Crippen molar-refractivity contribution < 1.29 is 4.74 Å². The van der Waals surface area contributed by atoms with Gasteiger partial charge >= 0.3 is 0 Å². The number of ether oxygens (including phenoxy) is 1. The molecule has 3 nitrogen and oxygen atoms in total. The van der Waals surface area contributed by atoms with Gasteiger partial charge in [-0.25, -0.2) is 0 Å². The van der Waals surface area contributed by atoms with Crippen LogP contribution in [0.1, 0.15) is 17.9 Å². The Morgan fingerprint density at radius 2 is 2.20 bits per heavy atom. The van der Waals surface area contributed by atoms with Gasteiger partial charge < -0.3 is 4.74 Å². The number of hydrogen-bond acceptors (Lipinski definition) is 3. The van der Waals surface area contributed by atoms with Gasteiger partial charge in [0, 0.05) is 13.2 Å². The van der Waals surface area contributed by atoms with Gasteiger partial charge in [-0.05, 0) is 23.8 Å². The number of nitrogens with one attached hydrogen (secondary N) is 1. The molecule has 0 aromatic heterocycles. The lowest BCUT2D eigenvalue weighted by molar-refractivity contribution is 0.157. The Labute approximate surface area is 90.6 Å². The standard InChI is InChI=1S/C12H18N2O/c1-15-8-12(14-13)11-7-10(11)9-5-3-2-4-6-9/h2-6,10-12,14H,7-8,13H2,1H3. The van der Waals surface area contributed by atoms with Crippen molar-refractivity contribution >= 4 is 0 Å². The highest BCUT2D eigenvalue weighted by atomic mass is 16.5. The first-order valence-electron chi connectivity index (χ1n) is 5.37. The molecule has 0 bridgehead atoms. The van der Waals surface area contributed by atoms with Crippen molar-refractivity contribution in [3.8, 4) is 0 Å². The molecule has 2 rings (SSSR count). The monoisotopic (exact) mass is 206 g/mol. The Kier molecular flexibility index (Phi) is 3.36. The molecule has 0 saturated heterocycles. The number of nitrogens with two attached hydrogens (primary N) is 1. The van der Waals surface area contributed by atoms with E-state index in [2.05, 4.69) is 35.8 Å². The van der Waals surface area contributed by atoms with E-state index in [0.29, 0.717) is 18.4 Å². The second-order valence-corrected chi connectivity index (χ2v) is 4.15. The predicted molar refractivity (Wildman–Crippen MR) is 60.3 cm³/mol. The van der Waals surface area contributed by atoms with E-state index >= 15 is 0 Å². The van der Waals surface area contributed by atoms with Crippen LogP contribution in [0.5, 0.6) is 0 Å². The van der Waals surface area contributed by atoms with Gasteiger partial charge in [-0.3, -0.25) is 11.3 Å². The average molecular weight is 206 g/mol. The van der Waals surface area contributed by atoms with Gasteiger partial charge in [0.05, 0.1) is 6.61 Å². The Bertz CT molecular complexity index is 302. The largest absolute Gasteiger partial charge is 0.383 e. The third-order valence-corrected chi connectivity index (χ3v) is 3.14. The smallest absolute Gasteiger partial charge is 0.0632 e. The molecule has 82 valence electrons. The van der Waals surface area contributed by atoms with E-state index in [0.717, 1.165) is 0 Å². The van der Waals surface area contributed by atoms with Crippen molar-refractivity contribution in [3.63, 3.8) is 0 Å². The molecule has 0 amide bonds. The van der Waals surface area contributed by atoms with Crippen LogP contribution in [-0.4, -0.2) is 19.8 Å². The molecule has 0 radical (unpaired) electrons. The first-order chi connectivity index (χ1) is 7.36. The molecule has 0 spiro atoms. The van der Waals surface area contributed by atoms with Crippen LogP contribution in [0.15, 0.2) is 30.3 Å². The van der Waals surface area contributed by atoms with E-state index in [1.807, 2.05) is 0 Å². The van der Waals surface area contributed by atoms with Crippen molar-refractivity contribution in [2.24, 2.45) is 11.8 Å². The summed E-state index contributed by atoms with van der Waals surface area (Å²) in [7, 11) is 1.71. The molecule has 1 aliphatic rings. The third-order valence-electron chi connectivity index (χ3n) is 3.14. The zero-order valence-corrected chi connectivity index (χ0v) is 9.02. The highest BCUT2D eigenvalue weighted by Crippen LogP contribution is 2.49. The topological polar surface area (TPSA) is 47.3 Å². The molecule has 0 heterocycles. The zero-order chi connectivity index (χ0) is 10.7. The summed E-state index contributed by atoms with van der Waals surface area (Å²) in [6, 6.07) is 10.9. The van der Waals surface area contributed by atoms with Crippen molar-refractivity contribution in [1.82, 2.24) is 5.43 Å². The van der Waals surface area contributed by atoms with E-state index in [4.69, 9.17) is 10.6 Å². The molecular formula is C12H18N2O. The summed E-state index contributed by atoms with van der Waals surface area (Å²) in [4.78, 5) is 0. The van der Waals surface area contributed by atoms with Crippen LogP contribution in [0.25, 0.3) is 0 Å². The van der Waals surface area contributed by atoms with Crippen molar-refractivity contribution in [2.45, 2.75) is 18.4 Å². The van der Waals surface area contributed by atoms with Crippen LogP contribution in [0.4, 0.5) is 0 Å². The van der Waals surface area contributed by atoms with Crippen LogP contribution >= 0.6 is 0 Å². The summed E-state index contributed by atoms with van der Waals surface area (Å²) in [6.45, 7) is 0.685. The summed E-state index contributed by atoms with van der Waals surface area (Å²) < 4.78 is 5.14. The van der Waals surface area contributed by atoms with Crippen molar-refractivity contribution in [3.05, 3.63) is 35.9 Å². The number of hydrogen-bond donors (Lipinski definition) is 2. The molecule has 1 aromatic rings. The molecule has 3 atom stereocenters. The van der Waals surface area contributed by atoms with Crippen LogP contribution in [0.3, 0.4) is 0 Å². The summed E-state index contributed by atoms with van der Waals surface area (Å²) in [5.74, 6) is 6.79. The Morgan fingerprint density at radius 1 is 1.47 bits per heavy atom. The van der Waals surface area contributed by atoms with Gasteiger partial charge in [-0.2, -0.15) is 0 Å². The van der Waals surface area contributed by atoms with E-state index in [1.54, 1.807) is 7.11 Å². The van der Waals surface area contributed by atoms with Gasteiger partial charge in [0.25, 0.3) is 0 Å². The van der Waals surface area contributed by atoms with Crippen molar-refractivity contribution in [1.29, 1.82) is 0 Å². The van der Waals surface area contributed by atoms with Gasteiger partial charge in [0.15, 0.2) is 0 Å². The fourth-order valence-corrected chi connectivity index (χ4v) is 2.22. The molecule has 3 N–H and O–H groups in total. The van der Waals surface area contributed by atoms with Crippen LogP contribution in [-0.2, 0) is 4.74 Å². The fraction of sp³-hybridized carbons (Fsp3) is 0.500. The van der Waals surface area contributed by atoms with E-state index < -0.39 is 0 Å². The number of rotatable bonds is 5. The molecule has 15 heavy (non-hydrogen) atoms. The SMILES string of the molecule is COCC(NN)C1CC1c1ccccc1. The van der Waals surface area contributed by atoms with Gasteiger partial charge in [0.2, 0.25) is 0 Å². The second kappa shape index (κ2) is 4.75. The van der Waals surface area contributed by atoms with Crippen LogP contribution in [0, 0.1) is 5.92 Å². The first kappa shape index (κ1) is 10.6. The molecule has 1 saturated carbocycles. The molecular weight excluding hydrogens is 188 g/mol. The lowest BCUT2D eigenvalue weighted by Gasteiger charge is -2.14. The van der Waals surface area contributed by atoms with E-state index in [9.17, 15) is 0 Å². The average Bonchev–Trinajstić information content (AvgIpc) is 3.07. The predicted octanol–water partition coefficient (Wildman–Crippen LogP) is 1.27. The maximum atomic E-state index is 5.51. The van der Waals surface area contributed by atoms with Crippen LogP contribution in [0.2, 0.25) is 0 Å². The summed E-state index contributed by atoms with van der Waals surface area (Å²) in [5, 5.41) is 0. The zero-order valence-electron chi connectivity index (χ0n) is 9.02. The quantitative estimate of drug-likeness (QED) is 0.563. The Morgan fingerprint density at radius 3 is 2.80 bits per heavy atom. The number of hydrazine groups is 1. The number of methoxy groups -OCH3 is 1. The molecule has 1 aromatic carbocycles. The lowest BCUT2D eigenvalue weighted by Crippen LogP contribution is -2.40. The van der Waals surface area contributed by atoms with Gasteiger partial charge in [-0.15, -0.1) is 0 Å².